The lowest BCUT2D eigenvalue weighted by Crippen LogP contribution is -2.20. The van der Waals surface area contributed by atoms with Gasteiger partial charge in [-0.25, -0.2) is 0 Å². The van der Waals surface area contributed by atoms with E-state index in [9.17, 15) is 0 Å². The predicted octanol–water partition coefficient (Wildman–Crippen LogP) is 0.958. The fourth-order valence-corrected chi connectivity index (χ4v) is 0.509. The average Bonchev–Trinajstić information content (AvgIpc) is 1.98. The Morgan fingerprint density at radius 3 is 2.70 bits per heavy atom. The van der Waals surface area contributed by atoms with Crippen molar-refractivity contribution in [2.45, 2.75) is 6.10 Å². The molecule has 58 valence electrons. The molecule has 10 heavy (non-hydrogen) atoms. The van der Waals surface area contributed by atoms with E-state index in [1.165, 1.54) is 0 Å². The molecule has 0 fully saturated rings. The van der Waals surface area contributed by atoms with Crippen LogP contribution in [0, 0.1) is 0 Å². The molecular weight excluding hydrogens is 134 g/mol. The van der Waals surface area contributed by atoms with E-state index in [1.54, 1.807) is 14.2 Å². The van der Waals surface area contributed by atoms with E-state index in [1.807, 2.05) is 0 Å². The molecule has 0 saturated heterocycles. The van der Waals surface area contributed by atoms with E-state index in [0.29, 0.717) is 13.2 Å². The summed E-state index contributed by atoms with van der Waals surface area (Å²) >= 11 is 0. The molecule has 0 aliphatic heterocycles. The van der Waals surface area contributed by atoms with Crippen LogP contribution in [0.15, 0.2) is 5.11 Å². The lowest BCUT2D eigenvalue weighted by molar-refractivity contribution is 0.0341. The van der Waals surface area contributed by atoms with Gasteiger partial charge in [-0.05, 0) is 5.53 Å². The average molecular weight is 145 g/mol. The molecule has 0 N–H and O–H groups in total. The van der Waals surface area contributed by atoms with Gasteiger partial charge in [-0.1, -0.05) is 5.11 Å². The fraction of sp³-hybridized carbons (Fsp3) is 1.00. The zero-order chi connectivity index (χ0) is 7.82. The Bertz CT molecular complexity index is 122. The van der Waals surface area contributed by atoms with Crippen molar-refractivity contribution in [2.24, 2.45) is 5.11 Å². The van der Waals surface area contributed by atoms with Gasteiger partial charge in [0, 0.05) is 19.1 Å². The standard InChI is InChI=1S/C5H11N3O2/c1-9-4-5(10-2)3-7-8-6/h5H,3-4H2,1-2H3. The normalized spacial score (nSPS) is 12.2. The number of azide groups is 1. The maximum Gasteiger partial charge on any atom is 0.0860 e. The summed E-state index contributed by atoms with van der Waals surface area (Å²) in [5, 5.41) is 3.34. The van der Waals surface area contributed by atoms with Crippen LogP contribution in [0.25, 0.3) is 10.4 Å². The molecule has 0 bridgehead atoms. The first kappa shape index (κ1) is 9.23. The van der Waals surface area contributed by atoms with Gasteiger partial charge in [-0.2, -0.15) is 0 Å². The summed E-state index contributed by atoms with van der Waals surface area (Å²) in [4.78, 5) is 2.60. The Balaban J connectivity index is 3.48. The number of hydrogen-bond acceptors (Lipinski definition) is 3. The monoisotopic (exact) mass is 145 g/mol. The fourth-order valence-electron chi connectivity index (χ4n) is 0.509. The molecule has 0 aromatic rings. The van der Waals surface area contributed by atoms with E-state index in [2.05, 4.69) is 10.0 Å². The molecular formula is C5H11N3O2. The number of hydrogen-bond donors (Lipinski definition) is 0. The molecule has 1 atom stereocenters. The lowest BCUT2D eigenvalue weighted by atomic mass is 10.4. The predicted molar refractivity (Wildman–Crippen MR) is 36.7 cm³/mol. The third-order valence-electron chi connectivity index (χ3n) is 1.03. The molecule has 5 heteroatoms. The quantitative estimate of drug-likeness (QED) is 0.328. The first-order valence-corrected chi connectivity index (χ1v) is 2.87. The van der Waals surface area contributed by atoms with Gasteiger partial charge in [0.2, 0.25) is 0 Å². The zero-order valence-corrected chi connectivity index (χ0v) is 6.15. The van der Waals surface area contributed by atoms with E-state index < -0.39 is 0 Å². The van der Waals surface area contributed by atoms with Crippen molar-refractivity contribution >= 4 is 0 Å². The summed E-state index contributed by atoms with van der Waals surface area (Å²) in [5.74, 6) is 0. The summed E-state index contributed by atoms with van der Waals surface area (Å²) in [7, 11) is 3.12. The summed E-state index contributed by atoms with van der Waals surface area (Å²) < 4.78 is 9.69. The van der Waals surface area contributed by atoms with Crippen LogP contribution in [-0.4, -0.2) is 33.5 Å². The van der Waals surface area contributed by atoms with Gasteiger partial charge in [-0.15, -0.1) is 0 Å². The van der Waals surface area contributed by atoms with Crippen LogP contribution < -0.4 is 0 Å². The number of rotatable bonds is 5. The third kappa shape index (κ3) is 4.14. The van der Waals surface area contributed by atoms with Crippen LogP contribution in [0.3, 0.4) is 0 Å². The highest BCUT2D eigenvalue weighted by Gasteiger charge is 2.02. The zero-order valence-electron chi connectivity index (χ0n) is 6.15. The second kappa shape index (κ2) is 6.35. The first-order chi connectivity index (χ1) is 4.85. The van der Waals surface area contributed by atoms with Crippen molar-refractivity contribution in [3.8, 4) is 0 Å². The van der Waals surface area contributed by atoms with Crippen molar-refractivity contribution in [2.75, 3.05) is 27.4 Å². The molecule has 0 spiro atoms. The highest BCUT2D eigenvalue weighted by atomic mass is 16.5. The minimum absolute atomic E-state index is 0.124. The van der Waals surface area contributed by atoms with Crippen LogP contribution in [0.4, 0.5) is 0 Å². The maximum absolute atomic E-state index is 7.94. The highest BCUT2D eigenvalue weighted by Crippen LogP contribution is 1.91. The van der Waals surface area contributed by atoms with Crippen LogP contribution in [0.5, 0.6) is 0 Å². The van der Waals surface area contributed by atoms with Crippen molar-refractivity contribution in [3.05, 3.63) is 10.4 Å². The molecule has 0 aliphatic rings. The minimum Gasteiger partial charge on any atom is -0.382 e. The molecule has 0 aliphatic carbocycles. The van der Waals surface area contributed by atoms with E-state index in [0.717, 1.165) is 0 Å². The maximum atomic E-state index is 7.94. The SMILES string of the molecule is COCC(CN=[N+]=[N-])OC. The largest absolute Gasteiger partial charge is 0.382 e. The van der Waals surface area contributed by atoms with Crippen molar-refractivity contribution in [1.29, 1.82) is 0 Å². The third-order valence-corrected chi connectivity index (χ3v) is 1.03. The van der Waals surface area contributed by atoms with Gasteiger partial charge < -0.3 is 9.47 Å². The van der Waals surface area contributed by atoms with Gasteiger partial charge >= 0.3 is 0 Å². The van der Waals surface area contributed by atoms with Gasteiger partial charge in [0.25, 0.3) is 0 Å². The number of methoxy groups -OCH3 is 2. The van der Waals surface area contributed by atoms with Crippen LogP contribution in [-0.2, 0) is 9.47 Å². The summed E-state index contributed by atoms with van der Waals surface area (Å²) in [6.07, 6.45) is -0.124. The Morgan fingerprint density at radius 1 is 1.60 bits per heavy atom. The second-order valence-corrected chi connectivity index (χ2v) is 1.73. The molecule has 0 saturated carbocycles. The molecule has 1 unspecified atom stereocenters. The van der Waals surface area contributed by atoms with Gasteiger partial charge in [0.05, 0.1) is 19.3 Å². The summed E-state index contributed by atoms with van der Waals surface area (Å²) in [5.41, 5.74) is 7.94. The Hall–Kier alpha value is -0.770. The van der Waals surface area contributed by atoms with Crippen molar-refractivity contribution in [3.63, 3.8) is 0 Å². The molecule has 0 amide bonds. The molecule has 0 radical (unpaired) electrons. The second-order valence-electron chi connectivity index (χ2n) is 1.73. The summed E-state index contributed by atoms with van der Waals surface area (Å²) in [6, 6.07) is 0. The Kier molecular flexibility index (Phi) is 5.86. The lowest BCUT2D eigenvalue weighted by Gasteiger charge is -2.09. The Labute approximate surface area is 59.6 Å². The topological polar surface area (TPSA) is 67.2 Å². The van der Waals surface area contributed by atoms with E-state index in [4.69, 9.17) is 15.0 Å². The van der Waals surface area contributed by atoms with E-state index >= 15 is 0 Å². The molecule has 0 heterocycles. The smallest absolute Gasteiger partial charge is 0.0860 e. The van der Waals surface area contributed by atoms with Crippen molar-refractivity contribution in [1.82, 2.24) is 0 Å². The molecule has 0 rings (SSSR count). The van der Waals surface area contributed by atoms with Gasteiger partial charge in [0.15, 0.2) is 0 Å². The highest BCUT2D eigenvalue weighted by molar-refractivity contribution is 4.59. The van der Waals surface area contributed by atoms with Crippen molar-refractivity contribution < 1.29 is 9.47 Å². The molecule has 0 aromatic carbocycles. The molecule has 5 nitrogen and oxygen atoms in total. The van der Waals surface area contributed by atoms with Crippen LogP contribution in [0.2, 0.25) is 0 Å². The van der Waals surface area contributed by atoms with Crippen LogP contribution >= 0.6 is 0 Å². The van der Waals surface area contributed by atoms with Crippen LogP contribution in [0.1, 0.15) is 0 Å². The van der Waals surface area contributed by atoms with E-state index in [-0.39, 0.29) is 6.10 Å². The number of ether oxygens (including phenoxy) is 2. The Morgan fingerprint density at radius 2 is 2.30 bits per heavy atom. The minimum atomic E-state index is -0.124. The van der Waals surface area contributed by atoms with Gasteiger partial charge in [0.1, 0.15) is 0 Å². The van der Waals surface area contributed by atoms with Gasteiger partial charge in [-0.3, -0.25) is 0 Å². The molecule has 0 aromatic heterocycles. The first-order valence-electron chi connectivity index (χ1n) is 2.87. The summed E-state index contributed by atoms with van der Waals surface area (Å²) in [6.45, 7) is 0.774. The number of nitrogens with zero attached hydrogens (tertiary/aromatic N) is 3.